The number of nitrogens with one attached hydrogen (secondary N) is 1. The fraction of sp³-hybridized carbons (Fsp3) is 0.133. The van der Waals surface area contributed by atoms with Gasteiger partial charge in [-0.05, 0) is 52.3 Å². The second-order valence-electron chi connectivity index (χ2n) is 4.63. The second-order valence-corrected chi connectivity index (χ2v) is 6.40. The highest BCUT2D eigenvalue weighted by Gasteiger charge is 2.14. The summed E-state index contributed by atoms with van der Waals surface area (Å²) in [7, 11) is 3.79. The maximum absolute atomic E-state index is 13.1. The first-order valence-electron chi connectivity index (χ1n) is 6.12. The molecule has 0 saturated carbocycles. The van der Waals surface area contributed by atoms with Gasteiger partial charge in [0.05, 0.1) is 16.9 Å². The van der Waals surface area contributed by atoms with Crippen LogP contribution in [0.4, 0.5) is 15.8 Å². The molecule has 0 spiro atoms. The molecule has 0 heterocycles. The van der Waals surface area contributed by atoms with Gasteiger partial charge in [-0.15, -0.1) is 0 Å². The molecule has 0 aliphatic heterocycles. The van der Waals surface area contributed by atoms with Gasteiger partial charge in [-0.3, -0.25) is 4.79 Å². The van der Waals surface area contributed by atoms with Crippen LogP contribution in [0.15, 0.2) is 45.3 Å². The first-order chi connectivity index (χ1) is 9.88. The summed E-state index contributed by atoms with van der Waals surface area (Å²) in [4.78, 5) is 14.2. The molecule has 0 aliphatic rings. The fourth-order valence-corrected chi connectivity index (χ4v) is 2.75. The quantitative estimate of drug-likeness (QED) is 0.789. The van der Waals surface area contributed by atoms with Crippen molar-refractivity contribution in [3.8, 4) is 0 Å². The van der Waals surface area contributed by atoms with Crippen LogP contribution in [0.1, 0.15) is 10.4 Å². The minimum atomic E-state index is -0.394. The van der Waals surface area contributed by atoms with Crippen LogP contribution < -0.4 is 10.2 Å². The van der Waals surface area contributed by atoms with E-state index in [1.165, 1.54) is 18.2 Å². The average molecular weight is 416 g/mol. The van der Waals surface area contributed by atoms with Gasteiger partial charge in [-0.1, -0.05) is 15.9 Å². The number of amides is 1. The van der Waals surface area contributed by atoms with Gasteiger partial charge in [0.25, 0.3) is 5.91 Å². The second kappa shape index (κ2) is 6.58. The lowest BCUT2D eigenvalue weighted by molar-refractivity contribution is 0.102. The minimum Gasteiger partial charge on any atom is -0.376 e. The molecule has 0 aliphatic carbocycles. The van der Waals surface area contributed by atoms with E-state index in [0.29, 0.717) is 15.7 Å². The molecule has 6 heteroatoms. The Morgan fingerprint density at radius 3 is 2.48 bits per heavy atom. The SMILES string of the molecule is CN(C)c1ccc(Br)cc1NC(=O)c1ccc(F)cc1Br. The van der Waals surface area contributed by atoms with E-state index in [9.17, 15) is 9.18 Å². The third-order valence-electron chi connectivity index (χ3n) is 2.86. The van der Waals surface area contributed by atoms with Gasteiger partial charge in [0, 0.05) is 23.0 Å². The average Bonchev–Trinajstić information content (AvgIpc) is 2.37. The molecule has 21 heavy (non-hydrogen) atoms. The zero-order valence-corrected chi connectivity index (χ0v) is 14.6. The highest BCUT2D eigenvalue weighted by Crippen LogP contribution is 2.29. The molecule has 0 bridgehead atoms. The molecule has 2 aromatic rings. The van der Waals surface area contributed by atoms with Crippen LogP contribution in [0.2, 0.25) is 0 Å². The van der Waals surface area contributed by atoms with Gasteiger partial charge in [0.1, 0.15) is 5.82 Å². The molecule has 1 amide bonds. The highest BCUT2D eigenvalue weighted by atomic mass is 79.9. The van der Waals surface area contributed by atoms with Crippen LogP contribution in [0.3, 0.4) is 0 Å². The molecule has 0 atom stereocenters. The molecule has 0 aromatic heterocycles. The van der Waals surface area contributed by atoms with Crippen LogP contribution in [-0.4, -0.2) is 20.0 Å². The molecule has 2 rings (SSSR count). The molecule has 2 aromatic carbocycles. The lowest BCUT2D eigenvalue weighted by atomic mass is 10.2. The number of halogens is 3. The van der Waals surface area contributed by atoms with Gasteiger partial charge in [0.15, 0.2) is 0 Å². The van der Waals surface area contributed by atoms with E-state index in [1.807, 2.05) is 37.2 Å². The summed E-state index contributed by atoms with van der Waals surface area (Å²) in [6, 6.07) is 9.60. The smallest absolute Gasteiger partial charge is 0.256 e. The number of hydrogen-bond acceptors (Lipinski definition) is 2. The molecule has 0 fully saturated rings. The van der Waals surface area contributed by atoms with E-state index >= 15 is 0 Å². The van der Waals surface area contributed by atoms with Crippen molar-refractivity contribution in [1.29, 1.82) is 0 Å². The highest BCUT2D eigenvalue weighted by molar-refractivity contribution is 9.10. The summed E-state index contributed by atoms with van der Waals surface area (Å²) in [6.45, 7) is 0. The van der Waals surface area contributed by atoms with Crippen molar-refractivity contribution < 1.29 is 9.18 Å². The monoisotopic (exact) mass is 414 g/mol. The van der Waals surface area contributed by atoms with Gasteiger partial charge in [0.2, 0.25) is 0 Å². The lowest BCUT2D eigenvalue weighted by Crippen LogP contribution is -2.17. The van der Waals surface area contributed by atoms with Crippen molar-refractivity contribution in [3.05, 3.63) is 56.7 Å². The molecule has 0 radical (unpaired) electrons. The summed E-state index contributed by atoms with van der Waals surface area (Å²) < 4.78 is 14.4. The Morgan fingerprint density at radius 2 is 1.86 bits per heavy atom. The van der Waals surface area contributed by atoms with Gasteiger partial charge >= 0.3 is 0 Å². The Balaban J connectivity index is 2.33. The van der Waals surface area contributed by atoms with Crippen LogP contribution in [0.5, 0.6) is 0 Å². The lowest BCUT2D eigenvalue weighted by Gasteiger charge is -2.18. The van der Waals surface area contributed by atoms with E-state index in [4.69, 9.17) is 0 Å². The minimum absolute atomic E-state index is 0.303. The topological polar surface area (TPSA) is 32.3 Å². The third kappa shape index (κ3) is 3.83. The number of rotatable bonds is 3. The number of hydrogen-bond donors (Lipinski definition) is 1. The van der Waals surface area contributed by atoms with Crippen LogP contribution in [0.25, 0.3) is 0 Å². The molecule has 1 N–H and O–H groups in total. The largest absolute Gasteiger partial charge is 0.376 e. The Morgan fingerprint density at radius 1 is 1.14 bits per heavy atom. The summed E-state index contributed by atoms with van der Waals surface area (Å²) in [5, 5.41) is 2.85. The summed E-state index contributed by atoms with van der Waals surface area (Å²) in [5.41, 5.74) is 1.93. The fourth-order valence-electron chi connectivity index (χ4n) is 1.86. The van der Waals surface area contributed by atoms with Crippen LogP contribution in [-0.2, 0) is 0 Å². The zero-order valence-electron chi connectivity index (χ0n) is 11.5. The van der Waals surface area contributed by atoms with Gasteiger partial charge in [-0.25, -0.2) is 4.39 Å². The molecular formula is C15H13Br2FN2O. The third-order valence-corrected chi connectivity index (χ3v) is 4.01. The van der Waals surface area contributed by atoms with Crippen LogP contribution in [0, 0.1) is 5.82 Å². The van der Waals surface area contributed by atoms with E-state index in [0.717, 1.165) is 10.2 Å². The Hall–Kier alpha value is -1.40. The first kappa shape index (κ1) is 16.0. The van der Waals surface area contributed by atoms with Crippen molar-refractivity contribution in [2.45, 2.75) is 0 Å². The maximum atomic E-state index is 13.1. The summed E-state index contributed by atoms with van der Waals surface area (Å²) in [5.74, 6) is -0.696. The van der Waals surface area contributed by atoms with Crippen molar-refractivity contribution in [3.63, 3.8) is 0 Å². The molecule has 110 valence electrons. The number of anilines is 2. The van der Waals surface area contributed by atoms with Crippen molar-refractivity contribution >= 4 is 49.1 Å². The molecule has 0 unspecified atom stereocenters. The predicted molar refractivity (Wildman–Crippen MR) is 90.5 cm³/mol. The van der Waals surface area contributed by atoms with Crippen LogP contribution >= 0.6 is 31.9 Å². The Kier molecular flexibility index (Phi) is 5.00. The first-order valence-corrected chi connectivity index (χ1v) is 7.70. The Bertz CT molecular complexity index is 689. The van der Waals surface area contributed by atoms with E-state index in [1.54, 1.807) is 0 Å². The van der Waals surface area contributed by atoms with Gasteiger partial charge < -0.3 is 10.2 Å². The molecule has 3 nitrogen and oxygen atoms in total. The van der Waals surface area contributed by atoms with Gasteiger partial charge in [-0.2, -0.15) is 0 Å². The summed E-state index contributed by atoms with van der Waals surface area (Å²) in [6.07, 6.45) is 0. The molecular weight excluding hydrogens is 403 g/mol. The van der Waals surface area contributed by atoms with E-state index < -0.39 is 5.82 Å². The van der Waals surface area contributed by atoms with Crippen molar-refractivity contribution in [1.82, 2.24) is 0 Å². The number of carbonyl (C=O) groups excluding carboxylic acids is 1. The van der Waals surface area contributed by atoms with Crippen molar-refractivity contribution in [2.24, 2.45) is 0 Å². The normalized spacial score (nSPS) is 10.3. The summed E-state index contributed by atoms with van der Waals surface area (Å²) >= 11 is 6.59. The standard InChI is InChI=1S/C15H13Br2FN2O/c1-20(2)14-6-3-9(16)7-13(14)19-15(21)11-5-4-10(18)8-12(11)17/h3-8H,1-2H3,(H,19,21). The number of benzene rings is 2. The Labute approximate surface area is 139 Å². The van der Waals surface area contributed by atoms with Crippen molar-refractivity contribution in [2.75, 3.05) is 24.3 Å². The van der Waals surface area contributed by atoms with E-state index in [-0.39, 0.29) is 5.91 Å². The number of nitrogens with zero attached hydrogens (tertiary/aromatic N) is 1. The van der Waals surface area contributed by atoms with E-state index in [2.05, 4.69) is 37.2 Å². The molecule has 0 saturated heterocycles. The zero-order chi connectivity index (χ0) is 15.6. The maximum Gasteiger partial charge on any atom is 0.256 e. The predicted octanol–water partition coefficient (Wildman–Crippen LogP) is 4.67. The number of carbonyl (C=O) groups is 1.